The molecule has 7 heteroatoms. The van der Waals surface area contributed by atoms with Gasteiger partial charge in [-0.15, -0.1) is 5.10 Å². The number of carbonyl (C=O) groups excluding carboxylic acids is 1. The fourth-order valence-electron chi connectivity index (χ4n) is 2.64. The van der Waals surface area contributed by atoms with Crippen LogP contribution in [0.2, 0.25) is 0 Å². The Kier molecular flexibility index (Phi) is 5.39. The number of nitrogens with zero attached hydrogens (tertiary/aromatic N) is 5. The lowest BCUT2D eigenvalue weighted by Gasteiger charge is -2.22. The van der Waals surface area contributed by atoms with Gasteiger partial charge in [0.2, 0.25) is 11.1 Å². The third-order valence-corrected chi connectivity index (χ3v) is 4.87. The van der Waals surface area contributed by atoms with Crippen molar-refractivity contribution in [3.05, 3.63) is 0 Å². The van der Waals surface area contributed by atoms with Gasteiger partial charge in [-0.1, -0.05) is 24.6 Å². The number of aromatic nitrogens is 4. The van der Waals surface area contributed by atoms with E-state index in [1.165, 1.54) is 24.6 Å². The van der Waals surface area contributed by atoms with Crippen molar-refractivity contribution in [3.63, 3.8) is 0 Å². The van der Waals surface area contributed by atoms with Crippen molar-refractivity contribution in [2.24, 2.45) is 0 Å². The minimum absolute atomic E-state index is 0.152. The molecule has 0 radical (unpaired) electrons. The molecular formula is C13H23N5OS. The van der Waals surface area contributed by atoms with E-state index < -0.39 is 0 Å². The van der Waals surface area contributed by atoms with E-state index in [4.69, 9.17) is 0 Å². The maximum atomic E-state index is 12.3. The molecule has 0 saturated heterocycles. The monoisotopic (exact) mass is 297 g/mol. The number of hydrogen-bond acceptors (Lipinski definition) is 5. The van der Waals surface area contributed by atoms with Crippen LogP contribution in [0.5, 0.6) is 0 Å². The molecule has 1 aliphatic carbocycles. The second-order valence-corrected chi connectivity index (χ2v) is 6.42. The lowest BCUT2D eigenvalue weighted by atomic mass is 10.3. The molecule has 112 valence electrons. The summed E-state index contributed by atoms with van der Waals surface area (Å²) in [5.41, 5.74) is 0. The molecule has 1 aromatic rings. The van der Waals surface area contributed by atoms with Crippen LogP contribution in [-0.4, -0.2) is 49.4 Å². The van der Waals surface area contributed by atoms with Crippen LogP contribution in [0.4, 0.5) is 0 Å². The Morgan fingerprint density at radius 3 is 2.65 bits per heavy atom. The highest BCUT2D eigenvalue weighted by molar-refractivity contribution is 8.00. The summed E-state index contributed by atoms with van der Waals surface area (Å²) in [5.74, 6) is 0.154. The highest BCUT2D eigenvalue weighted by Crippen LogP contribution is 2.32. The molecule has 6 nitrogen and oxygen atoms in total. The van der Waals surface area contributed by atoms with E-state index in [1.54, 1.807) is 0 Å². The van der Waals surface area contributed by atoms with Crippen molar-refractivity contribution in [3.8, 4) is 0 Å². The summed E-state index contributed by atoms with van der Waals surface area (Å²) in [6, 6.07) is 0.406. The molecule has 1 fully saturated rings. The molecule has 0 aromatic carbocycles. The van der Waals surface area contributed by atoms with Gasteiger partial charge in [-0.2, -0.15) is 0 Å². The van der Waals surface area contributed by atoms with Gasteiger partial charge in [-0.3, -0.25) is 4.79 Å². The van der Waals surface area contributed by atoms with Crippen LogP contribution in [0.3, 0.4) is 0 Å². The third-order valence-electron chi connectivity index (χ3n) is 3.84. The Labute approximate surface area is 124 Å². The summed E-state index contributed by atoms with van der Waals surface area (Å²) in [6.07, 6.45) is 4.75. The maximum absolute atomic E-state index is 12.3. The van der Waals surface area contributed by atoms with Crippen molar-refractivity contribution in [2.45, 2.75) is 62.9 Å². The van der Waals surface area contributed by atoms with Crippen molar-refractivity contribution in [2.75, 3.05) is 13.1 Å². The first-order chi connectivity index (χ1) is 9.67. The van der Waals surface area contributed by atoms with Crippen LogP contribution in [0.1, 0.15) is 52.5 Å². The summed E-state index contributed by atoms with van der Waals surface area (Å²) in [6.45, 7) is 7.42. The van der Waals surface area contributed by atoms with E-state index in [2.05, 4.69) is 15.5 Å². The summed E-state index contributed by atoms with van der Waals surface area (Å²) in [4.78, 5) is 14.1. The zero-order chi connectivity index (χ0) is 14.5. The summed E-state index contributed by atoms with van der Waals surface area (Å²) >= 11 is 1.47. The van der Waals surface area contributed by atoms with Crippen LogP contribution >= 0.6 is 11.8 Å². The Bertz CT molecular complexity index is 440. The summed E-state index contributed by atoms with van der Waals surface area (Å²) < 4.78 is 1.91. The van der Waals surface area contributed by atoms with Crippen molar-refractivity contribution in [1.29, 1.82) is 0 Å². The SMILES string of the molecule is CCN(CC)C(=O)C(C)Sc1nnnn1C1CCCC1. The lowest BCUT2D eigenvalue weighted by Crippen LogP contribution is -2.36. The number of rotatable bonds is 6. The maximum Gasteiger partial charge on any atom is 0.235 e. The Morgan fingerprint density at radius 1 is 1.40 bits per heavy atom. The minimum atomic E-state index is -0.152. The van der Waals surface area contributed by atoms with E-state index in [0.29, 0.717) is 6.04 Å². The average Bonchev–Trinajstić information content (AvgIpc) is 3.10. The van der Waals surface area contributed by atoms with Gasteiger partial charge in [0.15, 0.2) is 0 Å². The van der Waals surface area contributed by atoms with Crippen molar-refractivity contribution >= 4 is 17.7 Å². The third kappa shape index (κ3) is 3.31. The van der Waals surface area contributed by atoms with Crippen LogP contribution in [0, 0.1) is 0 Å². The number of carbonyl (C=O) groups is 1. The van der Waals surface area contributed by atoms with Gasteiger partial charge in [0, 0.05) is 13.1 Å². The van der Waals surface area contributed by atoms with E-state index in [0.717, 1.165) is 31.1 Å². The van der Waals surface area contributed by atoms with Crippen molar-refractivity contribution < 1.29 is 4.79 Å². The fraction of sp³-hybridized carbons (Fsp3) is 0.846. The lowest BCUT2D eigenvalue weighted by molar-refractivity contribution is -0.129. The van der Waals surface area contributed by atoms with Crippen molar-refractivity contribution in [1.82, 2.24) is 25.1 Å². The predicted octanol–water partition coefficient (Wildman–Crippen LogP) is 2.14. The molecule has 0 spiro atoms. The molecule has 1 aromatic heterocycles. The number of tetrazole rings is 1. The molecule has 1 saturated carbocycles. The van der Waals surface area contributed by atoms with Gasteiger partial charge >= 0.3 is 0 Å². The normalized spacial score (nSPS) is 17.4. The number of thioether (sulfide) groups is 1. The van der Waals surface area contributed by atoms with Gasteiger partial charge in [-0.25, -0.2) is 4.68 Å². The molecule has 1 amide bonds. The topological polar surface area (TPSA) is 63.9 Å². The van der Waals surface area contributed by atoms with E-state index >= 15 is 0 Å². The number of hydrogen-bond donors (Lipinski definition) is 0. The largest absolute Gasteiger partial charge is 0.342 e. The van der Waals surface area contributed by atoms with Crippen LogP contribution in [0.15, 0.2) is 5.16 Å². The highest BCUT2D eigenvalue weighted by atomic mass is 32.2. The molecule has 1 atom stereocenters. The van der Waals surface area contributed by atoms with Gasteiger partial charge in [0.1, 0.15) is 0 Å². The molecule has 1 heterocycles. The Morgan fingerprint density at radius 2 is 2.05 bits per heavy atom. The smallest absolute Gasteiger partial charge is 0.235 e. The molecule has 0 aliphatic heterocycles. The molecule has 1 aliphatic rings. The summed E-state index contributed by atoms with van der Waals surface area (Å²) in [5, 5.41) is 12.6. The minimum Gasteiger partial charge on any atom is -0.342 e. The van der Waals surface area contributed by atoms with Gasteiger partial charge in [0.25, 0.3) is 0 Å². The first kappa shape index (κ1) is 15.3. The molecular weight excluding hydrogens is 274 g/mol. The molecule has 0 N–H and O–H groups in total. The zero-order valence-corrected chi connectivity index (χ0v) is 13.3. The fourth-order valence-corrected chi connectivity index (χ4v) is 3.59. The second-order valence-electron chi connectivity index (χ2n) is 5.11. The quantitative estimate of drug-likeness (QED) is 0.753. The van der Waals surface area contributed by atoms with E-state index in [-0.39, 0.29) is 11.2 Å². The van der Waals surface area contributed by atoms with Crippen LogP contribution in [-0.2, 0) is 4.79 Å². The predicted molar refractivity (Wildman–Crippen MR) is 78.6 cm³/mol. The molecule has 20 heavy (non-hydrogen) atoms. The molecule has 0 bridgehead atoms. The standard InChI is InChI=1S/C13H23N5OS/c1-4-17(5-2)12(19)10(3)20-13-14-15-16-18(13)11-8-6-7-9-11/h10-11H,4-9H2,1-3H3. The Balaban J connectivity index is 2.02. The van der Waals surface area contributed by atoms with Crippen LogP contribution in [0.25, 0.3) is 0 Å². The van der Waals surface area contributed by atoms with Gasteiger partial charge in [-0.05, 0) is 44.0 Å². The van der Waals surface area contributed by atoms with Crippen LogP contribution < -0.4 is 0 Å². The first-order valence-corrected chi connectivity index (χ1v) is 8.28. The van der Waals surface area contributed by atoms with E-state index in [9.17, 15) is 4.79 Å². The summed E-state index contributed by atoms with van der Waals surface area (Å²) in [7, 11) is 0. The average molecular weight is 297 g/mol. The second kappa shape index (κ2) is 7.06. The Hall–Kier alpha value is -1.11. The first-order valence-electron chi connectivity index (χ1n) is 7.40. The van der Waals surface area contributed by atoms with E-state index in [1.807, 2.05) is 30.4 Å². The highest BCUT2D eigenvalue weighted by Gasteiger charge is 2.26. The number of amides is 1. The molecule has 1 unspecified atom stereocenters. The van der Waals surface area contributed by atoms with Gasteiger partial charge < -0.3 is 4.90 Å². The molecule has 2 rings (SSSR count). The zero-order valence-electron chi connectivity index (χ0n) is 12.4. The van der Waals surface area contributed by atoms with Gasteiger partial charge in [0.05, 0.1) is 11.3 Å².